The zero-order chi connectivity index (χ0) is 18.6. The molecule has 1 fully saturated rings. The Hall–Kier alpha value is -2.49. The minimum atomic E-state index is -0.287. The van der Waals surface area contributed by atoms with E-state index in [-0.39, 0.29) is 29.4 Å². The van der Waals surface area contributed by atoms with E-state index < -0.39 is 0 Å². The highest BCUT2D eigenvalue weighted by Crippen LogP contribution is 2.21. The van der Waals surface area contributed by atoms with Gasteiger partial charge in [0.1, 0.15) is 11.8 Å². The number of rotatable bonds is 3. The molecular formula is C18H27N5O2. The Morgan fingerprint density at radius 2 is 2.16 bits per heavy atom. The van der Waals surface area contributed by atoms with Crippen LogP contribution in [0.3, 0.4) is 0 Å². The van der Waals surface area contributed by atoms with Crippen LogP contribution in [0.2, 0.25) is 0 Å². The molecule has 1 aromatic heterocycles. The molecule has 25 heavy (non-hydrogen) atoms. The average Bonchev–Trinajstić information content (AvgIpc) is 3.01. The fourth-order valence-corrected chi connectivity index (χ4v) is 3.06. The van der Waals surface area contributed by atoms with E-state index in [9.17, 15) is 9.59 Å². The number of nitrogens with zero attached hydrogens (tertiary/aromatic N) is 2. The number of aromatic nitrogens is 1. The van der Waals surface area contributed by atoms with Gasteiger partial charge in [-0.1, -0.05) is 0 Å². The van der Waals surface area contributed by atoms with Gasteiger partial charge in [-0.15, -0.1) is 0 Å². The van der Waals surface area contributed by atoms with Gasteiger partial charge < -0.3 is 20.5 Å². The van der Waals surface area contributed by atoms with Crippen LogP contribution in [0.4, 0.5) is 4.79 Å². The molecule has 7 heteroatoms. The summed E-state index contributed by atoms with van der Waals surface area (Å²) in [5.74, 6) is 0.103. The van der Waals surface area contributed by atoms with Crippen LogP contribution in [0.25, 0.3) is 0 Å². The molecule has 0 aliphatic carbocycles. The lowest BCUT2D eigenvalue weighted by atomic mass is 9.91. The lowest BCUT2D eigenvalue weighted by Crippen LogP contribution is -2.53. The third kappa shape index (κ3) is 5.24. The maximum absolute atomic E-state index is 12.6. The number of likely N-dealkylation sites (tertiary alicyclic amines) is 1. The van der Waals surface area contributed by atoms with E-state index in [1.165, 1.54) is 6.20 Å². The zero-order valence-electron chi connectivity index (χ0n) is 15.3. The number of hydrogen-bond donors (Lipinski definition) is 3. The van der Waals surface area contributed by atoms with Crippen LogP contribution in [-0.4, -0.2) is 46.5 Å². The molecule has 3 N–H and O–H groups in total. The third-order valence-electron chi connectivity index (χ3n) is 4.34. The highest BCUT2D eigenvalue weighted by molar-refractivity contribution is 5.93. The van der Waals surface area contributed by atoms with Crippen LogP contribution >= 0.6 is 0 Å². The fourth-order valence-electron chi connectivity index (χ4n) is 3.06. The predicted molar refractivity (Wildman–Crippen MR) is 95.0 cm³/mol. The first-order valence-electron chi connectivity index (χ1n) is 8.66. The predicted octanol–water partition coefficient (Wildman–Crippen LogP) is 2.22. The minimum absolute atomic E-state index is 0.0312. The number of aromatic amines is 1. The smallest absolute Gasteiger partial charge is 0.315 e. The molecule has 1 aliphatic heterocycles. The number of H-pyrrole nitrogens is 1. The van der Waals surface area contributed by atoms with Gasteiger partial charge in [-0.2, -0.15) is 5.26 Å². The molecule has 0 unspecified atom stereocenters. The maximum Gasteiger partial charge on any atom is 0.315 e. The van der Waals surface area contributed by atoms with Crippen molar-refractivity contribution >= 4 is 11.9 Å². The average molecular weight is 345 g/mol. The Morgan fingerprint density at radius 3 is 2.76 bits per heavy atom. The van der Waals surface area contributed by atoms with Crippen molar-refractivity contribution in [1.29, 1.82) is 5.26 Å². The van der Waals surface area contributed by atoms with Crippen molar-refractivity contribution in [3.8, 4) is 6.07 Å². The monoisotopic (exact) mass is 345 g/mol. The van der Waals surface area contributed by atoms with Gasteiger partial charge in [-0.05, 0) is 52.5 Å². The van der Waals surface area contributed by atoms with E-state index in [4.69, 9.17) is 5.26 Å². The van der Waals surface area contributed by atoms with Crippen LogP contribution in [-0.2, 0) is 0 Å². The summed E-state index contributed by atoms with van der Waals surface area (Å²) in [4.78, 5) is 29.3. The molecule has 2 rings (SSSR count). The van der Waals surface area contributed by atoms with Gasteiger partial charge in [0.15, 0.2) is 0 Å². The molecule has 2 atom stereocenters. The molecule has 1 aromatic rings. The molecule has 7 nitrogen and oxygen atoms in total. The standard InChI is InChI=1S/C18H27N5O2/c1-12(21-17(25)22-18(2,3)4)14-6-5-7-23(11-14)16(24)15-8-13(9-19)10-20-15/h8,10,12,14,20H,5-7,11H2,1-4H3,(H2,21,22,25)/t12-,14-/m0/s1. The molecule has 0 aromatic carbocycles. The first-order valence-corrected chi connectivity index (χ1v) is 8.66. The summed E-state index contributed by atoms with van der Waals surface area (Å²) in [6, 6.07) is 3.37. The van der Waals surface area contributed by atoms with E-state index in [2.05, 4.69) is 15.6 Å². The molecule has 0 spiro atoms. The number of hydrogen-bond acceptors (Lipinski definition) is 3. The Kier molecular flexibility index (Phi) is 5.73. The van der Waals surface area contributed by atoms with Crippen molar-refractivity contribution in [2.45, 2.75) is 52.1 Å². The third-order valence-corrected chi connectivity index (χ3v) is 4.34. The summed E-state index contributed by atoms with van der Waals surface area (Å²) >= 11 is 0. The van der Waals surface area contributed by atoms with Gasteiger partial charge in [-0.3, -0.25) is 4.79 Å². The number of urea groups is 1. The van der Waals surface area contributed by atoms with Crippen molar-refractivity contribution in [3.05, 3.63) is 23.5 Å². The van der Waals surface area contributed by atoms with E-state index in [1.54, 1.807) is 11.0 Å². The first kappa shape index (κ1) is 18.8. The molecule has 0 bridgehead atoms. The maximum atomic E-state index is 12.6. The Morgan fingerprint density at radius 1 is 1.44 bits per heavy atom. The highest BCUT2D eigenvalue weighted by atomic mass is 16.2. The lowest BCUT2D eigenvalue weighted by Gasteiger charge is -2.36. The summed E-state index contributed by atoms with van der Waals surface area (Å²) in [5, 5.41) is 14.8. The molecule has 0 saturated carbocycles. The molecule has 3 amide bonds. The van der Waals surface area contributed by atoms with E-state index in [0.717, 1.165) is 12.8 Å². The van der Waals surface area contributed by atoms with Crippen molar-refractivity contribution < 1.29 is 9.59 Å². The topological polar surface area (TPSA) is 101 Å². The second-order valence-corrected chi connectivity index (χ2v) is 7.70. The van der Waals surface area contributed by atoms with Gasteiger partial charge in [0, 0.05) is 30.9 Å². The van der Waals surface area contributed by atoms with Gasteiger partial charge in [-0.25, -0.2) is 4.79 Å². The molecule has 1 aliphatic rings. The largest absolute Gasteiger partial charge is 0.356 e. The Labute approximate surface area is 148 Å². The number of nitrogens with one attached hydrogen (secondary N) is 3. The normalized spacial score (nSPS) is 19.0. The molecule has 2 heterocycles. The summed E-state index contributed by atoms with van der Waals surface area (Å²) in [6.45, 7) is 9.06. The van der Waals surface area contributed by atoms with Crippen molar-refractivity contribution in [1.82, 2.24) is 20.5 Å². The summed E-state index contributed by atoms with van der Waals surface area (Å²) < 4.78 is 0. The highest BCUT2D eigenvalue weighted by Gasteiger charge is 2.29. The number of amides is 3. The van der Waals surface area contributed by atoms with Crippen LogP contribution < -0.4 is 10.6 Å². The minimum Gasteiger partial charge on any atom is -0.356 e. The van der Waals surface area contributed by atoms with Crippen molar-refractivity contribution in [2.75, 3.05) is 13.1 Å². The number of nitriles is 1. The molecule has 1 saturated heterocycles. The number of piperidine rings is 1. The van der Waals surface area contributed by atoms with Gasteiger partial charge in [0.05, 0.1) is 5.56 Å². The number of carbonyl (C=O) groups excluding carboxylic acids is 2. The second kappa shape index (κ2) is 7.60. The van der Waals surface area contributed by atoms with Gasteiger partial charge in [0.25, 0.3) is 5.91 Å². The number of carbonyl (C=O) groups is 2. The van der Waals surface area contributed by atoms with Gasteiger partial charge in [0.2, 0.25) is 0 Å². The van der Waals surface area contributed by atoms with Crippen molar-refractivity contribution in [3.63, 3.8) is 0 Å². The SMILES string of the molecule is C[C@H](NC(=O)NC(C)(C)C)[C@H]1CCCN(C(=O)c2cc(C#N)c[nH]2)C1. The van der Waals surface area contributed by atoms with Crippen molar-refractivity contribution in [2.24, 2.45) is 5.92 Å². The summed E-state index contributed by atoms with van der Waals surface area (Å²) in [7, 11) is 0. The van der Waals surface area contributed by atoms with Crippen LogP contribution in [0.15, 0.2) is 12.3 Å². The molecule has 0 radical (unpaired) electrons. The summed E-state index contributed by atoms with van der Waals surface area (Å²) in [6.07, 6.45) is 3.40. The first-order chi connectivity index (χ1) is 11.7. The molecular weight excluding hydrogens is 318 g/mol. The quantitative estimate of drug-likeness (QED) is 0.783. The van der Waals surface area contributed by atoms with Gasteiger partial charge >= 0.3 is 6.03 Å². The van der Waals surface area contributed by atoms with Crippen LogP contribution in [0.5, 0.6) is 0 Å². The Balaban J connectivity index is 1.94. The summed E-state index contributed by atoms with van der Waals surface area (Å²) in [5.41, 5.74) is 0.596. The Bertz CT molecular complexity index is 668. The van der Waals surface area contributed by atoms with Crippen LogP contribution in [0, 0.1) is 17.2 Å². The molecule has 136 valence electrons. The second-order valence-electron chi connectivity index (χ2n) is 7.70. The van der Waals surface area contributed by atoms with Crippen LogP contribution in [0.1, 0.15) is 56.6 Å². The van der Waals surface area contributed by atoms with E-state index >= 15 is 0 Å². The lowest BCUT2D eigenvalue weighted by molar-refractivity contribution is 0.0648. The zero-order valence-corrected chi connectivity index (χ0v) is 15.3. The van der Waals surface area contributed by atoms with E-state index in [0.29, 0.717) is 24.3 Å². The van der Waals surface area contributed by atoms with E-state index in [1.807, 2.05) is 33.8 Å². The fraction of sp³-hybridized carbons (Fsp3) is 0.611.